The number of carbonyl (C=O) groups excluding carboxylic acids is 1. The maximum Gasteiger partial charge on any atom is 0.260 e. The minimum absolute atomic E-state index is 0.0524. The van der Waals surface area contributed by atoms with E-state index >= 15 is 0 Å². The average Bonchev–Trinajstić information content (AvgIpc) is 3.39. The highest BCUT2D eigenvalue weighted by molar-refractivity contribution is 5.77. The van der Waals surface area contributed by atoms with Gasteiger partial charge in [0, 0.05) is 32.2 Å². The van der Waals surface area contributed by atoms with Crippen molar-refractivity contribution in [2.75, 3.05) is 32.8 Å². The zero-order valence-corrected chi connectivity index (χ0v) is 12.7. The minimum Gasteiger partial charge on any atom is -0.484 e. The minimum atomic E-state index is 0.0524. The summed E-state index contributed by atoms with van der Waals surface area (Å²) in [7, 11) is 0. The van der Waals surface area contributed by atoms with Crippen molar-refractivity contribution in [3.63, 3.8) is 0 Å². The molecule has 1 aromatic carbocycles. The van der Waals surface area contributed by atoms with Crippen LogP contribution in [0.15, 0.2) is 24.3 Å². The van der Waals surface area contributed by atoms with Crippen LogP contribution in [0.2, 0.25) is 0 Å². The van der Waals surface area contributed by atoms with Gasteiger partial charge in [0.1, 0.15) is 5.75 Å². The van der Waals surface area contributed by atoms with Gasteiger partial charge in [0.05, 0.1) is 12.5 Å². The lowest BCUT2D eigenvalue weighted by Gasteiger charge is -2.34. The van der Waals surface area contributed by atoms with Gasteiger partial charge in [-0.3, -0.25) is 9.69 Å². The van der Waals surface area contributed by atoms with E-state index < -0.39 is 0 Å². The first-order chi connectivity index (χ1) is 10.8. The Hall–Kier alpha value is -2.06. The Morgan fingerprint density at radius 2 is 1.86 bits per heavy atom. The number of hydrogen-bond donors (Lipinski definition) is 0. The Morgan fingerprint density at radius 3 is 2.45 bits per heavy atom. The second-order valence-electron chi connectivity index (χ2n) is 5.92. The van der Waals surface area contributed by atoms with Crippen LogP contribution < -0.4 is 4.74 Å². The molecule has 0 N–H and O–H groups in total. The van der Waals surface area contributed by atoms with E-state index in [1.165, 1.54) is 12.8 Å². The molecule has 0 atom stereocenters. The molecule has 1 amide bonds. The fourth-order valence-corrected chi connectivity index (χ4v) is 2.81. The summed E-state index contributed by atoms with van der Waals surface area (Å²) in [5.41, 5.74) is 0.956. The molecule has 3 rings (SSSR count). The van der Waals surface area contributed by atoms with E-state index in [-0.39, 0.29) is 12.5 Å². The third kappa shape index (κ3) is 3.77. The number of nitrogens with zero attached hydrogens (tertiary/aromatic N) is 3. The van der Waals surface area contributed by atoms with Gasteiger partial charge in [-0.25, -0.2) is 0 Å². The predicted molar refractivity (Wildman–Crippen MR) is 82.4 cm³/mol. The Kier molecular flexibility index (Phi) is 4.59. The average molecular weight is 299 g/mol. The van der Waals surface area contributed by atoms with Crippen molar-refractivity contribution < 1.29 is 9.53 Å². The monoisotopic (exact) mass is 299 g/mol. The molecule has 0 bridgehead atoms. The molecule has 5 nitrogen and oxygen atoms in total. The Bertz CT molecular complexity index is 552. The Morgan fingerprint density at radius 1 is 1.18 bits per heavy atom. The molecule has 22 heavy (non-hydrogen) atoms. The van der Waals surface area contributed by atoms with Crippen LogP contribution in [0.4, 0.5) is 0 Å². The van der Waals surface area contributed by atoms with Crippen molar-refractivity contribution >= 4 is 5.91 Å². The summed E-state index contributed by atoms with van der Waals surface area (Å²) < 4.78 is 5.55. The Balaban J connectivity index is 1.43. The zero-order chi connectivity index (χ0) is 15.4. The molecule has 1 saturated carbocycles. The van der Waals surface area contributed by atoms with Gasteiger partial charge in [-0.2, -0.15) is 5.26 Å². The molecule has 2 aliphatic rings. The molecule has 1 saturated heterocycles. The third-order valence-electron chi connectivity index (χ3n) is 4.30. The van der Waals surface area contributed by atoms with Crippen molar-refractivity contribution in [2.24, 2.45) is 0 Å². The molecule has 1 aromatic rings. The summed E-state index contributed by atoms with van der Waals surface area (Å²) in [6.45, 7) is 3.67. The van der Waals surface area contributed by atoms with Crippen LogP contribution in [-0.4, -0.2) is 54.5 Å². The van der Waals surface area contributed by atoms with E-state index in [1.54, 1.807) is 0 Å². The number of piperazine rings is 1. The van der Waals surface area contributed by atoms with E-state index in [4.69, 9.17) is 10.00 Å². The first-order valence-electron chi connectivity index (χ1n) is 7.87. The first kappa shape index (κ1) is 14.9. The molecule has 0 aromatic heterocycles. The highest BCUT2D eigenvalue weighted by Crippen LogP contribution is 2.27. The van der Waals surface area contributed by atoms with Gasteiger partial charge in [-0.05, 0) is 30.5 Å². The summed E-state index contributed by atoms with van der Waals surface area (Å²) in [6.07, 6.45) is 3.03. The van der Waals surface area contributed by atoms with Gasteiger partial charge < -0.3 is 9.64 Å². The van der Waals surface area contributed by atoms with Gasteiger partial charge in [-0.1, -0.05) is 12.1 Å². The fourth-order valence-electron chi connectivity index (χ4n) is 2.81. The SMILES string of the molecule is N#CCc1ccc(OCC(=O)N2CCN(C3CC3)CC2)cc1. The lowest BCUT2D eigenvalue weighted by atomic mass is 10.2. The molecular weight excluding hydrogens is 278 g/mol. The van der Waals surface area contributed by atoms with Crippen LogP contribution in [0.3, 0.4) is 0 Å². The normalized spacial score (nSPS) is 18.8. The van der Waals surface area contributed by atoms with Crippen molar-refractivity contribution in [3.05, 3.63) is 29.8 Å². The summed E-state index contributed by atoms with van der Waals surface area (Å²) in [5.74, 6) is 0.725. The summed E-state index contributed by atoms with van der Waals surface area (Å²) in [5, 5.41) is 8.63. The molecule has 1 heterocycles. The second kappa shape index (κ2) is 6.80. The molecule has 2 fully saturated rings. The number of benzene rings is 1. The van der Waals surface area contributed by atoms with Crippen LogP contribution in [0, 0.1) is 11.3 Å². The second-order valence-corrected chi connectivity index (χ2v) is 5.92. The smallest absolute Gasteiger partial charge is 0.260 e. The maximum absolute atomic E-state index is 12.2. The largest absolute Gasteiger partial charge is 0.484 e. The number of rotatable bonds is 5. The van der Waals surface area contributed by atoms with E-state index in [9.17, 15) is 4.79 Å². The van der Waals surface area contributed by atoms with E-state index in [2.05, 4.69) is 11.0 Å². The third-order valence-corrected chi connectivity index (χ3v) is 4.30. The molecule has 0 radical (unpaired) electrons. The van der Waals surface area contributed by atoms with Crippen LogP contribution >= 0.6 is 0 Å². The Labute approximate surface area is 131 Å². The molecule has 5 heteroatoms. The van der Waals surface area contributed by atoms with Crippen molar-refractivity contribution in [1.29, 1.82) is 5.26 Å². The summed E-state index contributed by atoms with van der Waals surface area (Å²) in [6, 6.07) is 10.2. The molecule has 0 spiro atoms. The predicted octanol–water partition coefficient (Wildman–Crippen LogP) is 1.44. The fraction of sp³-hybridized carbons (Fsp3) is 0.529. The van der Waals surface area contributed by atoms with E-state index in [1.807, 2.05) is 29.2 Å². The number of ether oxygens (including phenoxy) is 1. The zero-order valence-electron chi connectivity index (χ0n) is 12.7. The first-order valence-corrected chi connectivity index (χ1v) is 7.87. The van der Waals surface area contributed by atoms with Gasteiger partial charge >= 0.3 is 0 Å². The van der Waals surface area contributed by atoms with Crippen LogP contribution in [0.25, 0.3) is 0 Å². The van der Waals surface area contributed by atoms with Gasteiger partial charge in [0.25, 0.3) is 5.91 Å². The van der Waals surface area contributed by atoms with E-state index in [0.29, 0.717) is 12.2 Å². The van der Waals surface area contributed by atoms with E-state index in [0.717, 1.165) is 37.8 Å². The molecular formula is C17H21N3O2. The summed E-state index contributed by atoms with van der Waals surface area (Å²) >= 11 is 0. The number of amides is 1. The molecule has 116 valence electrons. The molecule has 0 unspecified atom stereocenters. The number of hydrogen-bond acceptors (Lipinski definition) is 4. The number of nitriles is 1. The topological polar surface area (TPSA) is 56.6 Å². The lowest BCUT2D eigenvalue weighted by molar-refractivity contribution is -0.135. The molecule has 1 aliphatic carbocycles. The van der Waals surface area contributed by atoms with Gasteiger partial charge in [-0.15, -0.1) is 0 Å². The highest BCUT2D eigenvalue weighted by Gasteiger charge is 2.32. The number of carbonyl (C=O) groups is 1. The quantitative estimate of drug-likeness (QED) is 0.825. The van der Waals surface area contributed by atoms with Gasteiger partial charge in [0.15, 0.2) is 6.61 Å². The molecule has 1 aliphatic heterocycles. The lowest BCUT2D eigenvalue weighted by Crippen LogP contribution is -2.50. The van der Waals surface area contributed by atoms with Crippen molar-refractivity contribution in [1.82, 2.24) is 9.80 Å². The van der Waals surface area contributed by atoms with Crippen molar-refractivity contribution in [2.45, 2.75) is 25.3 Å². The van der Waals surface area contributed by atoms with Crippen LogP contribution in [0.1, 0.15) is 18.4 Å². The van der Waals surface area contributed by atoms with Crippen molar-refractivity contribution in [3.8, 4) is 11.8 Å². The highest BCUT2D eigenvalue weighted by atomic mass is 16.5. The maximum atomic E-state index is 12.2. The standard InChI is InChI=1S/C17H21N3O2/c18-8-7-14-1-5-16(6-2-14)22-13-17(21)20-11-9-19(10-12-20)15-3-4-15/h1-2,5-6,15H,3-4,7,9-13H2. The van der Waals surface area contributed by atoms with Crippen LogP contribution in [-0.2, 0) is 11.2 Å². The summed E-state index contributed by atoms with van der Waals surface area (Å²) in [4.78, 5) is 16.5. The van der Waals surface area contributed by atoms with Gasteiger partial charge in [0.2, 0.25) is 0 Å². The van der Waals surface area contributed by atoms with Crippen LogP contribution in [0.5, 0.6) is 5.75 Å².